The van der Waals surface area contributed by atoms with Crippen molar-refractivity contribution in [2.75, 3.05) is 13.2 Å². The fraction of sp³-hybridized carbons (Fsp3) is 0.875. The molecule has 0 aromatic carbocycles. The third-order valence-corrected chi connectivity index (χ3v) is 4.32. The Bertz CT molecular complexity index is 266. The van der Waals surface area contributed by atoms with E-state index in [9.17, 15) is 0 Å². The van der Waals surface area contributed by atoms with Crippen LogP contribution in [0, 0.1) is 5.92 Å². The largest absolute Gasteiger partial charge is 0.375 e. The van der Waals surface area contributed by atoms with E-state index < -0.39 is 0 Å². The second-order valence-electron chi connectivity index (χ2n) is 6.32. The first-order chi connectivity index (χ1) is 8.70. The van der Waals surface area contributed by atoms with E-state index >= 15 is 0 Å². The Morgan fingerprint density at radius 1 is 1.33 bits per heavy atom. The molecule has 0 radical (unpaired) electrons. The van der Waals surface area contributed by atoms with E-state index in [0.717, 1.165) is 25.5 Å². The Balaban J connectivity index is 1.70. The SMILES string of the molecule is CC(C)NCCC=CC1CCOC2(CCCC2)C1. The average Bonchev–Trinajstić information content (AvgIpc) is 2.76. The molecule has 1 aliphatic heterocycles. The summed E-state index contributed by atoms with van der Waals surface area (Å²) in [6, 6.07) is 0.600. The molecule has 1 aliphatic carbocycles. The number of rotatable bonds is 5. The fourth-order valence-corrected chi connectivity index (χ4v) is 3.34. The molecule has 0 aromatic rings. The van der Waals surface area contributed by atoms with Crippen molar-refractivity contribution in [3.8, 4) is 0 Å². The van der Waals surface area contributed by atoms with Gasteiger partial charge in [0.2, 0.25) is 0 Å². The lowest BCUT2D eigenvalue weighted by molar-refractivity contribution is -0.0853. The van der Waals surface area contributed by atoms with Crippen LogP contribution in [0.1, 0.15) is 58.8 Å². The quantitative estimate of drug-likeness (QED) is 0.594. The van der Waals surface area contributed by atoms with Gasteiger partial charge in [-0.1, -0.05) is 38.8 Å². The van der Waals surface area contributed by atoms with Gasteiger partial charge in [-0.25, -0.2) is 0 Å². The standard InChI is InChI=1S/C16H29NO/c1-14(2)17-11-6-3-7-15-8-12-18-16(13-15)9-4-5-10-16/h3,7,14-15,17H,4-6,8-13H2,1-2H3. The molecule has 104 valence electrons. The first kappa shape index (κ1) is 14.1. The van der Waals surface area contributed by atoms with Crippen molar-refractivity contribution in [2.45, 2.75) is 70.4 Å². The molecule has 0 amide bonds. The summed E-state index contributed by atoms with van der Waals surface area (Å²) in [5.41, 5.74) is 0.267. The third kappa shape index (κ3) is 4.10. The summed E-state index contributed by atoms with van der Waals surface area (Å²) in [7, 11) is 0. The zero-order valence-electron chi connectivity index (χ0n) is 12.1. The molecule has 1 unspecified atom stereocenters. The molecular weight excluding hydrogens is 222 g/mol. The van der Waals surface area contributed by atoms with E-state index in [1.54, 1.807) is 0 Å². The summed E-state index contributed by atoms with van der Waals surface area (Å²) in [5, 5.41) is 3.46. The minimum Gasteiger partial charge on any atom is -0.375 e. The van der Waals surface area contributed by atoms with E-state index in [0.29, 0.717) is 6.04 Å². The first-order valence-corrected chi connectivity index (χ1v) is 7.74. The van der Waals surface area contributed by atoms with Gasteiger partial charge < -0.3 is 10.1 Å². The number of hydrogen-bond acceptors (Lipinski definition) is 2. The van der Waals surface area contributed by atoms with E-state index in [1.165, 1.54) is 38.5 Å². The van der Waals surface area contributed by atoms with E-state index in [2.05, 4.69) is 31.3 Å². The highest BCUT2D eigenvalue weighted by Crippen LogP contribution is 2.42. The van der Waals surface area contributed by atoms with Crippen LogP contribution in [0.15, 0.2) is 12.2 Å². The minimum absolute atomic E-state index is 0.267. The van der Waals surface area contributed by atoms with Crippen molar-refractivity contribution < 1.29 is 4.74 Å². The van der Waals surface area contributed by atoms with Gasteiger partial charge in [-0.3, -0.25) is 0 Å². The lowest BCUT2D eigenvalue weighted by Gasteiger charge is -2.37. The molecule has 0 bridgehead atoms. The molecule has 2 fully saturated rings. The summed E-state index contributed by atoms with van der Waals surface area (Å²) < 4.78 is 6.07. The molecule has 1 N–H and O–H groups in total. The van der Waals surface area contributed by atoms with Gasteiger partial charge in [0.15, 0.2) is 0 Å². The van der Waals surface area contributed by atoms with Gasteiger partial charge in [-0.2, -0.15) is 0 Å². The van der Waals surface area contributed by atoms with Crippen molar-refractivity contribution in [1.29, 1.82) is 0 Å². The Labute approximate surface area is 112 Å². The van der Waals surface area contributed by atoms with Crippen LogP contribution in [0.25, 0.3) is 0 Å². The maximum atomic E-state index is 6.07. The summed E-state index contributed by atoms with van der Waals surface area (Å²) in [6.07, 6.45) is 13.8. The smallest absolute Gasteiger partial charge is 0.0688 e. The molecule has 2 heteroatoms. The van der Waals surface area contributed by atoms with Gasteiger partial charge in [-0.15, -0.1) is 0 Å². The van der Waals surface area contributed by atoms with Gasteiger partial charge in [0.25, 0.3) is 0 Å². The van der Waals surface area contributed by atoms with Crippen LogP contribution in [0.2, 0.25) is 0 Å². The number of allylic oxidation sites excluding steroid dienone is 1. The van der Waals surface area contributed by atoms with Crippen molar-refractivity contribution in [3.05, 3.63) is 12.2 Å². The molecule has 1 saturated carbocycles. The second-order valence-corrected chi connectivity index (χ2v) is 6.32. The summed E-state index contributed by atoms with van der Waals surface area (Å²) in [4.78, 5) is 0. The van der Waals surface area contributed by atoms with Crippen LogP contribution in [0.3, 0.4) is 0 Å². The van der Waals surface area contributed by atoms with E-state index in [1.807, 2.05) is 0 Å². The number of nitrogens with one attached hydrogen (secondary N) is 1. The molecule has 2 rings (SSSR count). The van der Waals surface area contributed by atoms with Crippen LogP contribution in [-0.4, -0.2) is 24.8 Å². The molecule has 1 spiro atoms. The molecule has 1 heterocycles. The van der Waals surface area contributed by atoms with Crippen LogP contribution in [0.4, 0.5) is 0 Å². The first-order valence-electron chi connectivity index (χ1n) is 7.74. The van der Waals surface area contributed by atoms with Gasteiger partial charge >= 0.3 is 0 Å². The van der Waals surface area contributed by atoms with Crippen molar-refractivity contribution in [3.63, 3.8) is 0 Å². The molecule has 2 aliphatic rings. The Hall–Kier alpha value is -0.340. The van der Waals surface area contributed by atoms with Crippen LogP contribution < -0.4 is 5.32 Å². The van der Waals surface area contributed by atoms with Crippen molar-refractivity contribution in [1.82, 2.24) is 5.32 Å². The molecule has 1 saturated heterocycles. The molecular formula is C16H29NO. The lowest BCUT2D eigenvalue weighted by Crippen LogP contribution is -2.36. The fourth-order valence-electron chi connectivity index (χ4n) is 3.34. The number of hydrogen-bond donors (Lipinski definition) is 1. The second kappa shape index (κ2) is 6.72. The maximum absolute atomic E-state index is 6.07. The highest BCUT2D eigenvalue weighted by molar-refractivity contribution is 4.98. The lowest BCUT2D eigenvalue weighted by atomic mass is 9.84. The predicted molar refractivity (Wildman–Crippen MR) is 76.8 cm³/mol. The summed E-state index contributed by atoms with van der Waals surface area (Å²) in [5.74, 6) is 0.760. The van der Waals surface area contributed by atoms with Gasteiger partial charge in [0.1, 0.15) is 0 Å². The molecule has 2 nitrogen and oxygen atoms in total. The van der Waals surface area contributed by atoms with Gasteiger partial charge in [0.05, 0.1) is 5.60 Å². The monoisotopic (exact) mass is 251 g/mol. The molecule has 0 aromatic heterocycles. The predicted octanol–water partition coefficient (Wildman–Crippen LogP) is 3.67. The Kier molecular flexibility index (Phi) is 5.25. The zero-order chi connectivity index (χ0) is 12.8. The van der Waals surface area contributed by atoms with Gasteiger partial charge in [0, 0.05) is 12.6 Å². The van der Waals surface area contributed by atoms with Crippen LogP contribution >= 0.6 is 0 Å². The Morgan fingerprint density at radius 3 is 2.83 bits per heavy atom. The van der Waals surface area contributed by atoms with E-state index in [-0.39, 0.29) is 5.60 Å². The summed E-state index contributed by atoms with van der Waals surface area (Å²) >= 11 is 0. The molecule has 1 atom stereocenters. The molecule has 18 heavy (non-hydrogen) atoms. The number of ether oxygens (including phenoxy) is 1. The maximum Gasteiger partial charge on any atom is 0.0688 e. The van der Waals surface area contributed by atoms with Crippen LogP contribution in [-0.2, 0) is 4.74 Å². The average molecular weight is 251 g/mol. The highest BCUT2D eigenvalue weighted by atomic mass is 16.5. The minimum atomic E-state index is 0.267. The Morgan fingerprint density at radius 2 is 2.11 bits per heavy atom. The summed E-state index contributed by atoms with van der Waals surface area (Å²) in [6.45, 7) is 6.47. The topological polar surface area (TPSA) is 21.3 Å². The highest BCUT2D eigenvalue weighted by Gasteiger charge is 2.38. The normalized spacial score (nSPS) is 27.6. The van der Waals surface area contributed by atoms with Crippen molar-refractivity contribution >= 4 is 0 Å². The van der Waals surface area contributed by atoms with E-state index in [4.69, 9.17) is 4.74 Å². The van der Waals surface area contributed by atoms with Gasteiger partial charge in [-0.05, 0) is 44.6 Å². The zero-order valence-corrected chi connectivity index (χ0v) is 12.1. The third-order valence-electron chi connectivity index (χ3n) is 4.32. The van der Waals surface area contributed by atoms with Crippen LogP contribution in [0.5, 0.6) is 0 Å². The van der Waals surface area contributed by atoms with Crippen molar-refractivity contribution in [2.24, 2.45) is 5.92 Å².